The molecule has 0 aliphatic rings. The molecule has 6 heteroatoms. The van der Waals surface area contributed by atoms with Gasteiger partial charge in [-0.25, -0.2) is 4.79 Å². The number of para-hydroxylation sites is 3. The van der Waals surface area contributed by atoms with Gasteiger partial charge in [0.1, 0.15) is 11.5 Å². The molecule has 0 spiro atoms. The normalized spacial score (nSPS) is 10.2. The van der Waals surface area contributed by atoms with Gasteiger partial charge in [-0.2, -0.15) is 8.78 Å². The number of hydrogen-bond acceptors (Lipinski definition) is 3. The molecular weight excluding hydrogens is 268 g/mol. The number of alkyl halides is 2. The van der Waals surface area contributed by atoms with E-state index in [1.165, 1.54) is 18.2 Å². The quantitative estimate of drug-likeness (QED) is 0.923. The number of halogens is 2. The van der Waals surface area contributed by atoms with E-state index in [4.69, 9.17) is 4.74 Å². The molecule has 2 aromatic carbocycles. The number of carbonyl (C=O) groups excluding carboxylic acids is 1. The second kappa shape index (κ2) is 6.51. The summed E-state index contributed by atoms with van der Waals surface area (Å²) < 4.78 is 33.7. The van der Waals surface area contributed by atoms with E-state index in [9.17, 15) is 13.6 Å². The van der Waals surface area contributed by atoms with E-state index in [-0.39, 0.29) is 11.4 Å². The average Bonchev–Trinajstić information content (AvgIpc) is 2.41. The molecule has 0 radical (unpaired) electrons. The fourth-order valence-corrected chi connectivity index (χ4v) is 1.50. The molecule has 0 aliphatic carbocycles. The number of amides is 1. The predicted octanol–water partition coefficient (Wildman–Crippen LogP) is 3.90. The van der Waals surface area contributed by atoms with Crippen molar-refractivity contribution in [1.82, 2.24) is 0 Å². The second-order valence-electron chi connectivity index (χ2n) is 3.70. The van der Waals surface area contributed by atoms with Gasteiger partial charge in [0.25, 0.3) is 0 Å². The lowest BCUT2D eigenvalue weighted by Gasteiger charge is -2.11. The Morgan fingerprint density at radius 1 is 1.00 bits per heavy atom. The van der Waals surface area contributed by atoms with Crippen LogP contribution in [-0.4, -0.2) is 12.7 Å². The van der Waals surface area contributed by atoms with Crippen LogP contribution in [0.3, 0.4) is 0 Å². The Kier molecular flexibility index (Phi) is 4.49. The molecule has 1 amide bonds. The zero-order chi connectivity index (χ0) is 14.4. The lowest BCUT2D eigenvalue weighted by Crippen LogP contribution is -2.17. The lowest BCUT2D eigenvalue weighted by atomic mass is 10.3. The third-order valence-corrected chi connectivity index (χ3v) is 2.29. The summed E-state index contributed by atoms with van der Waals surface area (Å²) >= 11 is 0. The van der Waals surface area contributed by atoms with Gasteiger partial charge < -0.3 is 9.47 Å². The first-order valence-corrected chi connectivity index (χ1v) is 5.73. The molecule has 0 saturated carbocycles. The number of benzene rings is 2. The Bertz CT molecular complexity index is 576. The topological polar surface area (TPSA) is 47.6 Å². The van der Waals surface area contributed by atoms with E-state index in [0.29, 0.717) is 5.75 Å². The smallest absolute Gasteiger partial charge is 0.417 e. The summed E-state index contributed by atoms with van der Waals surface area (Å²) in [5.74, 6) is 0.213. The summed E-state index contributed by atoms with van der Waals surface area (Å²) in [5, 5.41) is 2.34. The zero-order valence-corrected chi connectivity index (χ0v) is 10.3. The Morgan fingerprint density at radius 3 is 2.35 bits per heavy atom. The summed E-state index contributed by atoms with van der Waals surface area (Å²) in [5.41, 5.74) is 0.105. The fourth-order valence-electron chi connectivity index (χ4n) is 1.50. The lowest BCUT2D eigenvalue weighted by molar-refractivity contribution is -0.0493. The largest absolute Gasteiger partial charge is 0.433 e. The first kappa shape index (κ1) is 13.8. The Labute approximate surface area is 113 Å². The van der Waals surface area contributed by atoms with Gasteiger partial charge in [0, 0.05) is 0 Å². The van der Waals surface area contributed by atoms with Crippen molar-refractivity contribution >= 4 is 11.8 Å². The number of nitrogens with one attached hydrogen (secondary N) is 1. The van der Waals surface area contributed by atoms with Crippen LogP contribution in [0.1, 0.15) is 0 Å². The minimum Gasteiger partial charge on any atom is -0.433 e. The van der Waals surface area contributed by atoms with Gasteiger partial charge in [-0.3, -0.25) is 5.32 Å². The molecule has 20 heavy (non-hydrogen) atoms. The van der Waals surface area contributed by atoms with Gasteiger partial charge in [-0.1, -0.05) is 30.3 Å². The zero-order valence-electron chi connectivity index (χ0n) is 10.3. The van der Waals surface area contributed by atoms with E-state index < -0.39 is 12.7 Å². The van der Waals surface area contributed by atoms with Gasteiger partial charge in [0.05, 0.1) is 5.69 Å². The second-order valence-corrected chi connectivity index (χ2v) is 3.70. The molecule has 104 valence electrons. The molecule has 0 saturated heterocycles. The number of anilines is 1. The van der Waals surface area contributed by atoms with E-state index in [1.807, 2.05) is 0 Å². The van der Waals surface area contributed by atoms with Crippen LogP contribution in [-0.2, 0) is 0 Å². The van der Waals surface area contributed by atoms with Crippen LogP contribution in [0.2, 0.25) is 0 Å². The maximum atomic E-state index is 12.2. The molecular formula is C14H11F2NO3. The first-order valence-electron chi connectivity index (χ1n) is 5.73. The molecule has 2 aromatic rings. The minimum atomic E-state index is -2.97. The molecule has 0 fully saturated rings. The summed E-state index contributed by atoms with van der Waals surface area (Å²) in [4.78, 5) is 11.6. The predicted molar refractivity (Wildman–Crippen MR) is 69.2 cm³/mol. The van der Waals surface area contributed by atoms with Crippen LogP contribution in [0.25, 0.3) is 0 Å². The molecule has 1 N–H and O–H groups in total. The van der Waals surface area contributed by atoms with Crippen molar-refractivity contribution in [3.63, 3.8) is 0 Å². The third kappa shape index (κ3) is 3.94. The SMILES string of the molecule is O=C(Nc1ccccc1OC(F)F)Oc1ccccc1. The van der Waals surface area contributed by atoms with Crippen LogP contribution in [0.15, 0.2) is 54.6 Å². The summed E-state index contributed by atoms with van der Waals surface area (Å²) in [6.07, 6.45) is -0.790. The minimum absolute atomic E-state index is 0.105. The first-order chi connectivity index (χ1) is 9.65. The van der Waals surface area contributed by atoms with Crippen molar-refractivity contribution < 1.29 is 23.0 Å². The Morgan fingerprint density at radius 2 is 1.65 bits per heavy atom. The standard InChI is InChI=1S/C14H11F2NO3/c15-13(16)20-12-9-5-4-8-11(12)17-14(18)19-10-6-2-1-3-7-10/h1-9,13H,(H,17,18). The van der Waals surface area contributed by atoms with E-state index in [2.05, 4.69) is 10.1 Å². The van der Waals surface area contributed by atoms with E-state index in [1.54, 1.807) is 36.4 Å². The van der Waals surface area contributed by atoms with Gasteiger partial charge in [0.15, 0.2) is 0 Å². The van der Waals surface area contributed by atoms with Crippen molar-refractivity contribution in [2.75, 3.05) is 5.32 Å². The number of ether oxygens (including phenoxy) is 2. The molecule has 2 rings (SSSR count). The van der Waals surface area contributed by atoms with Gasteiger partial charge in [-0.15, -0.1) is 0 Å². The number of rotatable bonds is 4. The molecule has 0 atom stereocenters. The van der Waals surface area contributed by atoms with Crippen LogP contribution in [0.4, 0.5) is 19.3 Å². The highest BCUT2D eigenvalue weighted by Gasteiger charge is 2.12. The third-order valence-electron chi connectivity index (χ3n) is 2.29. The maximum Gasteiger partial charge on any atom is 0.417 e. The van der Waals surface area contributed by atoms with Crippen molar-refractivity contribution in [2.45, 2.75) is 6.61 Å². The fraction of sp³-hybridized carbons (Fsp3) is 0.0714. The molecule has 0 bridgehead atoms. The van der Waals surface area contributed by atoms with Crippen LogP contribution in [0, 0.1) is 0 Å². The number of hydrogen-bond donors (Lipinski definition) is 1. The maximum absolute atomic E-state index is 12.2. The van der Waals surface area contributed by atoms with E-state index in [0.717, 1.165) is 0 Å². The van der Waals surface area contributed by atoms with Crippen molar-refractivity contribution in [3.05, 3.63) is 54.6 Å². The van der Waals surface area contributed by atoms with Gasteiger partial charge in [0.2, 0.25) is 0 Å². The Balaban J connectivity index is 2.04. The molecule has 0 unspecified atom stereocenters. The van der Waals surface area contributed by atoms with Crippen molar-refractivity contribution in [3.8, 4) is 11.5 Å². The highest BCUT2D eigenvalue weighted by Crippen LogP contribution is 2.25. The summed E-state index contributed by atoms with van der Waals surface area (Å²) in [6, 6.07) is 14.2. The molecule has 0 aliphatic heterocycles. The van der Waals surface area contributed by atoms with Gasteiger partial charge in [-0.05, 0) is 24.3 Å². The van der Waals surface area contributed by atoms with Crippen molar-refractivity contribution in [2.24, 2.45) is 0 Å². The highest BCUT2D eigenvalue weighted by molar-refractivity contribution is 5.88. The molecule has 0 heterocycles. The number of carbonyl (C=O) groups is 1. The van der Waals surface area contributed by atoms with E-state index >= 15 is 0 Å². The summed E-state index contributed by atoms with van der Waals surface area (Å²) in [7, 11) is 0. The van der Waals surface area contributed by atoms with Crippen LogP contribution >= 0.6 is 0 Å². The summed E-state index contributed by atoms with van der Waals surface area (Å²) in [6.45, 7) is -2.97. The monoisotopic (exact) mass is 279 g/mol. The van der Waals surface area contributed by atoms with Crippen LogP contribution < -0.4 is 14.8 Å². The average molecular weight is 279 g/mol. The van der Waals surface area contributed by atoms with Gasteiger partial charge >= 0.3 is 12.7 Å². The highest BCUT2D eigenvalue weighted by atomic mass is 19.3. The molecule has 4 nitrogen and oxygen atoms in total. The molecule has 0 aromatic heterocycles. The van der Waals surface area contributed by atoms with Crippen molar-refractivity contribution in [1.29, 1.82) is 0 Å². The van der Waals surface area contributed by atoms with Crippen LogP contribution in [0.5, 0.6) is 11.5 Å². The Hall–Kier alpha value is -2.63.